The lowest BCUT2D eigenvalue weighted by molar-refractivity contribution is -0.139. The molecule has 0 amide bonds. The van der Waals surface area contributed by atoms with Gasteiger partial charge in [-0.25, -0.2) is 0 Å². The molecule has 2 rings (SSSR count). The van der Waals surface area contributed by atoms with E-state index in [0.29, 0.717) is 12.4 Å². The first kappa shape index (κ1) is 22.1. The van der Waals surface area contributed by atoms with Crippen LogP contribution in [0.5, 0.6) is 17.2 Å². The maximum absolute atomic E-state index is 11.5. The fourth-order valence-electron chi connectivity index (χ4n) is 2.37. The molecule has 2 aromatic carbocycles. The fourth-order valence-corrected chi connectivity index (χ4v) is 4.79. The van der Waals surface area contributed by atoms with Crippen LogP contribution < -0.4 is 9.47 Å². The van der Waals surface area contributed by atoms with Crippen molar-refractivity contribution in [2.45, 2.75) is 31.6 Å². The third kappa shape index (κ3) is 6.16. The quantitative estimate of drug-likeness (QED) is 0.285. The van der Waals surface area contributed by atoms with E-state index in [1.165, 1.54) is 11.8 Å². The predicted octanol–water partition coefficient (Wildman–Crippen LogP) is 6.79. The molecule has 0 unspecified atom stereocenters. The van der Waals surface area contributed by atoms with Crippen LogP contribution in [0.25, 0.3) is 0 Å². The molecule has 0 heterocycles. The molecular weight excluding hydrogens is 496 g/mol. The Morgan fingerprint density at radius 2 is 1.81 bits per heavy atom. The highest BCUT2D eigenvalue weighted by Crippen LogP contribution is 2.42. The number of ether oxygens (including phenoxy) is 3. The fraction of sp³-hybridized carbons (Fsp3) is 0.350. The number of hydrogen-bond acceptors (Lipinski definition) is 5. The molecule has 0 aliphatic rings. The van der Waals surface area contributed by atoms with Crippen molar-refractivity contribution in [2.24, 2.45) is 0 Å². The molecule has 0 saturated heterocycles. The Hall–Kier alpha value is -1.18. The SMILES string of the molecule is CCOC(=O)CSc1cc(Br)c(Oc2ccc(OC)cc2C(C)C)c(Br)c1. The Morgan fingerprint density at radius 3 is 2.37 bits per heavy atom. The predicted molar refractivity (Wildman–Crippen MR) is 116 cm³/mol. The molecule has 0 aromatic heterocycles. The summed E-state index contributed by atoms with van der Waals surface area (Å²) in [5.74, 6) is 2.58. The highest BCUT2D eigenvalue weighted by molar-refractivity contribution is 9.11. The van der Waals surface area contributed by atoms with Gasteiger partial charge in [-0.1, -0.05) is 13.8 Å². The standard InChI is InChI=1S/C20H22Br2O4S/c1-5-25-19(23)11-27-14-9-16(21)20(17(22)10-14)26-18-7-6-13(24-4)8-15(18)12(2)3/h6-10,12H,5,11H2,1-4H3. The Morgan fingerprint density at radius 1 is 1.15 bits per heavy atom. The van der Waals surface area contributed by atoms with Crippen LogP contribution in [0, 0.1) is 0 Å². The second-order valence-corrected chi connectivity index (χ2v) is 8.73. The summed E-state index contributed by atoms with van der Waals surface area (Å²) < 4.78 is 18.1. The Balaban J connectivity index is 2.24. The molecule has 0 fully saturated rings. The van der Waals surface area contributed by atoms with Crippen molar-refractivity contribution >= 4 is 49.6 Å². The summed E-state index contributed by atoms with van der Waals surface area (Å²) in [5, 5.41) is 0. The molecule has 146 valence electrons. The molecule has 2 aromatic rings. The minimum absolute atomic E-state index is 0.227. The number of methoxy groups -OCH3 is 1. The van der Waals surface area contributed by atoms with E-state index >= 15 is 0 Å². The van der Waals surface area contributed by atoms with Gasteiger partial charge in [0.2, 0.25) is 0 Å². The molecule has 4 nitrogen and oxygen atoms in total. The zero-order chi connectivity index (χ0) is 20.0. The zero-order valence-corrected chi connectivity index (χ0v) is 19.7. The summed E-state index contributed by atoms with van der Waals surface area (Å²) in [5.41, 5.74) is 1.06. The normalized spacial score (nSPS) is 10.8. The molecule has 27 heavy (non-hydrogen) atoms. The lowest BCUT2D eigenvalue weighted by atomic mass is 10.0. The van der Waals surface area contributed by atoms with E-state index in [4.69, 9.17) is 14.2 Å². The van der Waals surface area contributed by atoms with Gasteiger partial charge in [0.05, 0.1) is 28.4 Å². The lowest BCUT2D eigenvalue weighted by Crippen LogP contribution is -2.06. The van der Waals surface area contributed by atoms with E-state index in [9.17, 15) is 4.79 Å². The van der Waals surface area contributed by atoms with E-state index in [-0.39, 0.29) is 17.6 Å². The van der Waals surface area contributed by atoms with Crippen LogP contribution in [0.15, 0.2) is 44.2 Å². The summed E-state index contributed by atoms with van der Waals surface area (Å²) >= 11 is 8.57. The summed E-state index contributed by atoms with van der Waals surface area (Å²) in [6, 6.07) is 9.65. The van der Waals surface area contributed by atoms with E-state index in [2.05, 4.69) is 45.7 Å². The van der Waals surface area contributed by atoms with Crippen LogP contribution in [0.2, 0.25) is 0 Å². The van der Waals surface area contributed by atoms with E-state index in [1.54, 1.807) is 14.0 Å². The van der Waals surface area contributed by atoms with Crippen molar-refractivity contribution in [3.05, 3.63) is 44.8 Å². The van der Waals surface area contributed by atoms with Crippen molar-refractivity contribution in [1.82, 2.24) is 0 Å². The monoisotopic (exact) mass is 516 g/mol. The average Bonchev–Trinajstić information content (AvgIpc) is 2.63. The number of esters is 1. The van der Waals surface area contributed by atoms with Crippen LogP contribution >= 0.6 is 43.6 Å². The maximum Gasteiger partial charge on any atom is 0.316 e. The van der Waals surface area contributed by atoms with Crippen LogP contribution in [0.3, 0.4) is 0 Å². The first-order valence-electron chi connectivity index (χ1n) is 8.49. The number of halogens is 2. The van der Waals surface area contributed by atoms with Crippen molar-refractivity contribution in [2.75, 3.05) is 19.5 Å². The van der Waals surface area contributed by atoms with Crippen LogP contribution in [0.4, 0.5) is 0 Å². The van der Waals surface area contributed by atoms with Gasteiger partial charge in [0.1, 0.15) is 11.5 Å². The summed E-state index contributed by atoms with van der Waals surface area (Å²) in [6.45, 7) is 6.41. The van der Waals surface area contributed by atoms with Crippen molar-refractivity contribution in [1.29, 1.82) is 0 Å². The van der Waals surface area contributed by atoms with Gasteiger partial charge in [-0.05, 0) is 75.0 Å². The smallest absolute Gasteiger partial charge is 0.316 e. The number of rotatable bonds is 8. The van der Waals surface area contributed by atoms with E-state index in [0.717, 1.165) is 30.9 Å². The number of carbonyl (C=O) groups excluding carboxylic acids is 1. The number of carbonyl (C=O) groups is 1. The zero-order valence-electron chi connectivity index (χ0n) is 15.7. The Kier molecular flexibility index (Phi) is 8.51. The second-order valence-electron chi connectivity index (χ2n) is 5.97. The van der Waals surface area contributed by atoms with Gasteiger partial charge < -0.3 is 14.2 Å². The van der Waals surface area contributed by atoms with Gasteiger partial charge in [-0.3, -0.25) is 4.79 Å². The molecule has 7 heteroatoms. The second kappa shape index (κ2) is 10.4. The van der Waals surface area contributed by atoms with Gasteiger partial charge in [0.25, 0.3) is 0 Å². The molecule has 0 bridgehead atoms. The topological polar surface area (TPSA) is 44.8 Å². The van der Waals surface area contributed by atoms with Crippen molar-refractivity contribution in [3.8, 4) is 17.2 Å². The van der Waals surface area contributed by atoms with Crippen LogP contribution in [-0.2, 0) is 9.53 Å². The Bertz CT molecular complexity index is 786. The third-order valence-corrected chi connectivity index (χ3v) is 5.81. The van der Waals surface area contributed by atoms with E-state index in [1.807, 2.05) is 30.3 Å². The summed E-state index contributed by atoms with van der Waals surface area (Å²) in [6.07, 6.45) is 0. The van der Waals surface area contributed by atoms with Gasteiger partial charge in [0.15, 0.2) is 5.75 Å². The maximum atomic E-state index is 11.5. The molecule has 0 aliphatic heterocycles. The van der Waals surface area contributed by atoms with Gasteiger partial charge in [-0.15, -0.1) is 11.8 Å². The third-order valence-electron chi connectivity index (χ3n) is 3.68. The van der Waals surface area contributed by atoms with Crippen molar-refractivity contribution in [3.63, 3.8) is 0 Å². The summed E-state index contributed by atoms with van der Waals surface area (Å²) in [7, 11) is 1.65. The van der Waals surface area contributed by atoms with Gasteiger partial charge >= 0.3 is 5.97 Å². The summed E-state index contributed by atoms with van der Waals surface area (Å²) in [4.78, 5) is 12.5. The van der Waals surface area contributed by atoms with Crippen molar-refractivity contribution < 1.29 is 19.0 Å². The lowest BCUT2D eigenvalue weighted by Gasteiger charge is -2.17. The van der Waals surface area contributed by atoms with Crippen LogP contribution in [-0.4, -0.2) is 25.4 Å². The molecule has 0 atom stereocenters. The molecule has 0 N–H and O–H groups in total. The molecule has 0 saturated carbocycles. The minimum atomic E-state index is -0.227. The van der Waals surface area contributed by atoms with Gasteiger partial charge in [0, 0.05) is 10.5 Å². The van der Waals surface area contributed by atoms with Crippen LogP contribution in [0.1, 0.15) is 32.3 Å². The highest BCUT2D eigenvalue weighted by Gasteiger charge is 2.16. The first-order chi connectivity index (χ1) is 12.8. The van der Waals surface area contributed by atoms with Gasteiger partial charge in [-0.2, -0.15) is 0 Å². The largest absolute Gasteiger partial charge is 0.497 e. The molecular formula is C20H22Br2O4S. The first-order valence-corrected chi connectivity index (χ1v) is 11.1. The highest BCUT2D eigenvalue weighted by atomic mass is 79.9. The number of thioether (sulfide) groups is 1. The number of hydrogen-bond donors (Lipinski definition) is 0. The Labute approximate surface area is 181 Å². The minimum Gasteiger partial charge on any atom is -0.497 e. The van der Waals surface area contributed by atoms with E-state index < -0.39 is 0 Å². The molecule has 0 radical (unpaired) electrons. The molecule has 0 aliphatic carbocycles. The average molecular weight is 518 g/mol. The number of benzene rings is 2. The molecule has 0 spiro atoms.